The summed E-state index contributed by atoms with van der Waals surface area (Å²) in [4.78, 5) is 11.7. The van der Waals surface area contributed by atoms with Gasteiger partial charge < -0.3 is 15.2 Å². The number of rotatable bonds is 2. The van der Waals surface area contributed by atoms with Gasteiger partial charge in [-0.2, -0.15) is 0 Å². The number of ether oxygens (including phenoxy) is 1. The quantitative estimate of drug-likeness (QED) is 0.695. The van der Waals surface area contributed by atoms with Crippen LogP contribution in [0.2, 0.25) is 0 Å². The fraction of sp³-hybridized carbons (Fsp3) is 0.900. The Morgan fingerprint density at radius 3 is 2.47 bits per heavy atom. The van der Waals surface area contributed by atoms with E-state index in [1.54, 1.807) is 13.8 Å². The van der Waals surface area contributed by atoms with Crippen molar-refractivity contribution in [2.45, 2.75) is 32.3 Å². The Balaban J connectivity index is 0.00000196. The lowest BCUT2D eigenvalue weighted by Crippen LogP contribution is -2.58. The Hall–Kier alpha value is -0.320. The summed E-state index contributed by atoms with van der Waals surface area (Å²) in [6.07, 6.45) is 1.56. The van der Waals surface area contributed by atoms with Crippen LogP contribution in [0, 0.1) is 5.41 Å². The lowest BCUT2D eigenvalue weighted by molar-refractivity contribution is -0.171. The zero-order chi connectivity index (χ0) is 10.8. The van der Waals surface area contributed by atoms with E-state index in [4.69, 9.17) is 4.74 Å². The van der Waals surface area contributed by atoms with Gasteiger partial charge in [0.05, 0.1) is 12.7 Å². The van der Waals surface area contributed by atoms with Crippen molar-refractivity contribution >= 4 is 18.4 Å². The van der Waals surface area contributed by atoms with Gasteiger partial charge in [0.15, 0.2) is 0 Å². The number of carbonyl (C=O) groups is 1. The molecule has 1 aliphatic rings. The van der Waals surface area contributed by atoms with E-state index in [0.717, 1.165) is 13.0 Å². The normalized spacial score (nSPS) is 26.7. The number of aliphatic hydroxyl groups is 1. The highest BCUT2D eigenvalue weighted by atomic mass is 35.5. The molecule has 0 saturated carbocycles. The summed E-state index contributed by atoms with van der Waals surface area (Å²) in [6.45, 7) is 4.71. The van der Waals surface area contributed by atoms with Gasteiger partial charge in [-0.05, 0) is 33.2 Å². The summed E-state index contributed by atoms with van der Waals surface area (Å²) in [5.74, 6) is -0.322. The van der Waals surface area contributed by atoms with Crippen molar-refractivity contribution in [3.8, 4) is 0 Å². The van der Waals surface area contributed by atoms with E-state index in [9.17, 15) is 9.90 Å². The van der Waals surface area contributed by atoms with Crippen molar-refractivity contribution in [1.82, 2.24) is 5.32 Å². The minimum atomic E-state index is -1.05. The van der Waals surface area contributed by atoms with E-state index in [-0.39, 0.29) is 18.4 Å². The molecule has 4 nitrogen and oxygen atoms in total. The highest BCUT2D eigenvalue weighted by Gasteiger charge is 2.51. The smallest absolute Gasteiger partial charge is 0.316 e. The van der Waals surface area contributed by atoms with Gasteiger partial charge in [0.1, 0.15) is 5.41 Å². The second kappa shape index (κ2) is 5.14. The van der Waals surface area contributed by atoms with Gasteiger partial charge in [-0.15, -0.1) is 12.4 Å². The number of hydrogen-bond acceptors (Lipinski definition) is 4. The van der Waals surface area contributed by atoms with Crippen LogP contribution < -0.4 is 5.32 Å². The topological polar surface area (TPSA) is 58.6 Å². The number of esters is 1. The molecule has 0 bridgehead atoms. The number of carbonyl (C=O) groups excluding carboxylic acids is 1. The summed E-state index contributed by atoms with van der Waals surface area (Å²) >= 11 is 0. The predicted molar refractivity (Wildman–Crippen MR) is 60.1 cm³/mol. The average molecular weight is 238 g/mol. The van der Waals surface area contributed by atoms with Crippen molar-refractivity contribution in [3.63, 3.8) is 0 Å². The van der Waals surface area contributed by atoms with Gasteiger partial charge in [-0.1, -0.05) is 0 Å². The fourth-order valence-electron chi connectivity index (χ4n) is 2.05. The Kier molecular flexibility index (Phi) is 5.03. The zero-order valence-corrected chi connectivity index (χ0v) is 10.3. The molecule has 1 unspecified atom stereocenters. The van der Waals surface area contributed by atoms with Gasteiger partial charge in [0.25, 0.3) is 0 Å². The average Bonchev–Trinajstić information content (AvgIpc) is 2.16. The molecule has 1 heterocycles. The molecular formula is C10H20ClNO3. The Bertz CT molecular complexity index is 219. The highest BCUT2D eigenvalue weighted by Crippen LogP contribution is 2.38. The van der Waals surface area contributed by atoms with E-state index < -0.39 is 11.0 Å². The van der Waals surface area contributed by atoms with Crippen LogP contribution in [0.3, 0.4) is 0 Å². The van der Waals surface area contributed by atoms with Crippen molar-refractivity contribution in [3.05, 3.63) is 0 Å². The molecule has 0 radical (unpaired) electrons. The van der Waals surface area contributed by atoms with Crippen molar-refractivity contribution < 1.29 is 14.6 Å². The molecular weight excluding hydrogens is 218 g/mol. The second-order valence-electron chi connectivity index (χ2n) is 4.41. The number of hydrogen-bond donors (Lipinski definition) is 2. The maximum atomic E-state index is 11.7. The van der Waals surface area contributed by atoms with Crippen LogP contribution in [-0.2, 0) is 9.53 Å². The van der Waals surface area contributed by atoms with E-state index >= 15 is 0 Å². The summed E-state index contributed by atoms with van der Waals surface area (Å²) in [5.41, 5.74) is -1.84. The van der Waals surface area contributed by atoms with Crippen molar-refractivity contribution in [2.75, 3.05) is 20.2 Å². The molecule has 0 amide bonds. The van der Waals surface area contributed by atoms with Crippen LogP contribution >= 0.6 is 12.4 Å². The Morgan fingerprint density at radius 2 is 2.13 bits per heavy atom. The summed E-state index contributed by atoms with van der Waals surface area (Å²) in [5, 5.41) is 13.2. The molecule has 0 aliphatic carbocycles. The predicted octanol–water partition coefficient (Wildman–Crippen LogP) is 0.722. The minimum absolute atomic E-state index is 0. The van der Waals surface area contributed by atoms with Gasteiger partial charge >= 0.3 is 5.97 Å². The maximum Gasteiger partial charge on any atom is 0.316 e. The van der Waals surface area contributed by atoms with E-state index in [0.29, 0.717) is 13.0 Å². The maximum absolute atomic E-state index is 11.7. The molecule has 1 fully saturated rings. The first-order valence-electron chi connectivity index (χ1n) is 4.95. The summed E-state index contributed by atoms with van der Waals surface area (Å²) in [7, 11) is 1.37. The Morgan fingerprint density at radius 1 is 1.53 bits per heavy atom. The highest BCUT2D eigenvalue weighted by molar-refractivity contribution is 5.85. The molecule has 15 heavy (non-hydrogen) atoms. The van der Waals surface area contributed by atoms with Gasteiger partial charge in [-0.25, -0.2) is 0 Å². The zero-order valence-electron chi connectivity index (χ0n) is 9.50. The van der Waals surface area contributed by atoms with Crippen LogP contribution in [0.4, 0.5) is 0 Å². The van der Waals surface area contributed by atoms with E-state index in [1.807, 2.05) is 0 Å². The third-order valence-corrected chi connectivity index (χ3v) is 3.13. The Labute approximate surface area is 96.8 Å². The van der Waals surface area contributed by atoms with Gasteiger partial charge in [0.2, 0.25) is 0 Å². The third kappa shape index (κ3) is 2.62. The molecule has 0 aromatic carbocycles. The van der Waals surface area contributed by atoms with Crippen LogP contribution in [0.15, 0.2) is 0 Å². The van der Waals surface area contributed by atoms with Gasteiger partial charge in [-0.3, -0.25) is 4.79 Å². The van der Waals surface area contributed by atoms with E-state index in [2.05, 4.69) is 5.32 Å². The summed E-state index contributed by atoms with van der Waals surface area (Å²) < 4.78 is 4.78. The lowest BCUT2D eigenvalue weighted by atomic mass is 9.69. The molecule has 5 heteroatoms. The first-order chi connectivity index (χ1) is 6.44. The first kappa shape index (κ1) is 14.7. The molecule has 1 rings (SSSR count). The van der Waals surface area contributed by atoms with Crippen molar-refractivity contribution in [1.29, 1.82) is 0 Å². The molecule has 0 aromatic heterocycles. The van der Waals surface area contributed by atoms with Crippen LogP contribution in [-0.4, -0.2) is 36.9 Å². The molecule has 1 atom stereocenters. The number of nitrogens with one attached hydrogen (secondary N) is 1. The molecule has 0 aromatic rings. The molecule has 2 N–H and O–H groups in total. The number of piperidine rings is 1. The third-order valence-electron chi connectivity index (χ3n) is 3.13. The standard InChI is InChI=1S/C10H19NO3.ClH/c1-9(2,13)10(8(12)14-3)5-4-6-11-7-10;/h11,13H,4-7H2,1-3H3;1H. The van der Waals surface area contributed by atoms with Crippen LogP contribution in [0.25, 0.3) is 0 Å². The first-order valence-corrected chi connectivity index (χ1v) is 4.95. The monoisotopic (exact) mass is 237 g/mol. The van der Waals surface area contributed by atoms with Gasteiger partial charge in [0, 0.05) is 6.54 Å². The molecule has 90 valence electrons. The number of halogens is 1. The largest absolute Gasteiger partial charge is 0.468 e. The number of methoxy groups -OCH3 is 1. The summed E-state index contributed by atoms with van der Waals surface area (Å²) in [6, 6.07) is 0. The molecule has 1 saturated heterocycles. The van der Waals surface area contributed by atoms with Crippen LogP contribution in [0.1, 0.15) is 26.7 Å². The van der Waals surface area contributed by atoms with Crippen LogP contribution in [0.5, 0.6) is 0 Å². The fourth-order valence-corrected chi connectivity index (χ4v) is 2.05. The lowest BCUT2D eigenvalue weighted by Gasteiger charge is -2.43. The molecule has 1 aliphatic heterocycles. The van der Waals surface area contributed by atoms with Crippen molar-refractivity contribution in [2.24, 2.45) is 5.41 Å². The van der Waals surface area contributed by atoms with E-state index in [1.165, 1.54) is 7.11 Å². The SMILES string of the molecule is COC(=O)C1(C(C)(C)O)CCCNC1.Cl. The minimum Gasteiger partial charge on any atom is -0.468 e. The molecule has 0 spiro atoms. The second-order valence-corrected chi connectivity index (χ2v) is 4.41.